The molecule has 0 aliphatic carbocycles. The van der Waals surface area contributed by atoms with Crippen molar-refractivity contribution >= 4 is 17.5 Å². The van der Waals surface area contributed by atoms with Crippen molar-refractivity contribution in [1.82, 2.24) is 5.32 Å². The van der Waals surface area contributed by atoms with Crippen LogP contribution in [0.5, 0.6) is 5.75 Å². The minimum Gasteiger partial charge on any atom is -0.494 e. The van der Waals surface area contributed by atoms with E-state index in [0.717, 1.165) is 12.1 Å². The number of benzene rings is 2. The number of ether oxygens (including phenoxy) is 1. The van der Waals surface area contributed by atoms with Gasteiger partial charge in [-0.2, -0.15) is 13.2 Å². The monoisotopic (exact) mass is 420 g/mol. The lowest BCUT2D eigenvalue weighted by Gasteiger charge is -2.17. The first kappa shape index (κ1) is 21.7. The average molecular weight is 420 g/mol. The second kappa shape index (κ2) is 9.19. The Labute approximate surface area is 172 Å². The largest absolute Gasteiger partial charge is 0.494 e. The third-order valence-electron chi connectivity index (χ3n) is 4.95. The molecule has 0 aromatic heterocycles. The van der Waals surface area contributed by atoms with Gasteiger partial charge in [0.05, 0.1) is 18.1 Å². The molecular formula is C22H23F3N2O3. The number of alkyl halides is 3. The number of carbonyl (C=O) groups excluding carboxylic acids is 2. The smallest absolute Gasteiger partial charge is 0.416 e. The number of rotatable bonds is 7. The van der Waals surface area contributed by atoms with E-state index in [2.05, 4.69) is 5.32 Å². The van der Waals surface area contributed by atoms with Crippen molar-refractivity contribution in [2.24, 2.45) is 5.92 Å². The number of halogens is 3. The minimum absolute atomic E-state index is 0.123. The van der Waals surface area contributed by atoms with Crippen molar-refractivity contribution in [3.63, 3.8) is 0 Å². The van der Waals surface area contributed by atoms with E-state index in [1.165, 1.54) is 12.1 Å². The fourth-order valence-electron chi connectivity index (χ4n) is 3.36. The second-order valence-corrected chi connectivity index (χ2v) is 7.07. The van der Waals surface area contributed by atoms with E-state index >= 15 is 0 Å². The van der Waals surface area contributed by atoms with Crippen LogP contribution >= 0.6 is 0 Å². The van der Waals surface area contributed by atoms with Crippen molar-refractivity contribution in [3.05, 3.63) is 59.7 Å². The van der Waals surface area contributed by atoms with Crippen molar-refractivity contribution in [2.45, 2.75) is 25.9 Å². The van der Waals surface area contributed by atoms with Crippen LogP contribution in [0.15, 0.2) is 48.5 Å². The Morgan fingerprint density at radius 3 is 2.40 bits per heavy atom. The summed E-state index contributed by atoms with van der Waals surface area (Å²) in [7, 11) is 0. The molecule has 3 rings (SSSR count). The lowest BCUT2D eigenvalue weighted by Crippen LogP contribution is -2.34. The molecular weight excluding hydrogens is 397 g/mol. The van der Waals surface area contributed by atoms with Gasteiger partial charge in [0.25, 0.3) is 0 Å². The number of hydrogen-bond donors (Lipinski definition) is 1. The van der Waals surface area contributed by atoms with Gasteiger partial charge in [-0.1, -0.05) is 12.1 Å². The van der Waals surface area contributed by atoms with E-state index in [0.29, 0.717) is 36.6 Å². The molecule has 2 aromatic rings. The first-order valence-electron chi connectivity index (χ1n) is 9.75. The van der Waals surface area contributed by atoms with E-state index in [1.54, 1.807) is 29.2 Å². The van der Waals surface area contributed by atoms with E-state index in [4.69, 9.17) is 4.74 Å². The SMILES string of the molecule is CCOc1ccc(N2CC(C(=O)NCCc3ccc(C(F)(F)F)cc3)CC2=O)cc1. The standard InChI is InChI=1S/C22H23F3N2O3/c1-2-30-19-9-7-18(8-10-19)27-14-16(13-20(27)28)21(29)26-12-11-15-3-5-17(6-4-15)22(23,24)25/h3-10,16H,2,11-14H2,1H3,(H,26,29). The van der Waals surface area contributed by atoms with Gasteiger partial charge in [0.1, 0.15) is 5.75 Å². The predicted octanol–water partition coefficient (Wildman–Crippen LogP) is 3.82. The molecule has 0 saturated carbocycles. The molecule has 30 heavy (non-hydrogen) atoms. The fraction of sp³-hybridized carbons (Fsp3) is 0.364. The first-order chi connectivity index (χ1) is 14.3. The lowest BCUT2D eigenvalue weighted by atomic mass is 10.1. The zero-order valence-corrected chi connectivity index (χ0v) is 16.5. The van der Waals surface area contributed by atoms with Crippen molar-refractivity contribution in [3.8, 4) is 5.75 Å². The molecule has 1 heterocycles. The number of anilines is 1. The molecule has 1 saturated heterocycles. The number of nitrogens with one attached hydrogen (secondary N) is 1. The minimum atomic E-state index is -4.36. The fourth-order valence-corrected chi connectivity index (χ4v) is 3.36. The Morgan fingerprint density at radius 1 is 1.13 bits per heavy atom. The highest BCUT2D eigenvalue weighted by Gasteiger charge is 2.35. The van der Waals surface area contributed by atoms with Gasteiger partial charge in [0.2, 0.25) is 11.8 Å². The topological polar surface area (TPSA) is 58.6 Å². The summed E-state index contributed by atoms with van der Waals surface area (Å²) < 4.78 is 43.2. The van der Waals surface area contributed by atoms with Crippen molar-refractivity contribution < 1.29 is 27.5 Å². The number of hydrogen-bond acceptors (Lipinski definition) is 3. The highest BCUT2D eigenvalue weighted by atomic mass is 19.4. The summed E-state index contributed by atoms with van der Waals surface area (Å²) in [4.78, 5) is 26.3. The van der Waals surface area contributed by atoms with Crippen LogP contribution in [0.25, 0.3) is 0 Å². The van der Waals surface area contributed by atoms with E-state index < -0.39 is 17.7 Å². The van der Waals surface area contributed by atoms with Gasteiger partial charge < -0.3 is 15.0 Å². The van der Waals surface area contributed by atoms with Gasteiger partial charge >= 0.3 is 6.18 Å². The molecule has 2 aromatic carbocycles. The lowest BCUT2D eigenvalue weighted by molar-refractivity contribution is -0.137. The summed E-state index contributed by atoms with van der Waals surface area (Å²) in [5.74, 6) is -0.104. The van der Waals surface area contributed by atoms with E-state index in [1.807, 2.05) is 6.92 Å². The maximum atomic E-state index is 12.6. The van der Waals surface area contributed by atoms with Gasteiger partial charge in [0, 0.05) is 25.2 Å². The maximum absolute atomic E-state index is 12.6. The molecule has 0 radical (unpaired) electrons. The summed E-state index contributed by atoms with van der Waals surface area (Å²) in [6, 6.07) is 12.0. The summed E-state index contributed by atoms with van der Waals surface area (Å²) in [6.45, 7) is 3.02. The predicted molar refractivity (Wildman–Crippen MR) is 106 cm³/mol. The Hall–Kier alpha value is -3.03. The summed E-state index contributed by atoms with van der Waals surface area (Å²) >= 11 is 0. The molecule has 1 atom stereocenters. The molecule has 0 spiro atoms. The van der Waals surface area contributed by atoms with E-state index in [9.17, 15) is 22.8 Å². The van der Waals surface area contributed by atoms with Crippen LogP contribution in [0.2, 0.25) is 0 Å². The normalized spacial score (nSPS) is 16.6. The Balaban J connectivity index is 1.49. The Bertz CT molecular complexity index is 880. The molecule has 8 heteroatoms. The summed E-state index contributed by atoms with van der Waals surface area (Å²) in [5, 5.41) is 2.78. The van der Waals surface area contributed by atoms with Crippen molar-refractivity contribution in [2.75, 3.05) is 24.6 Å². The van der Waals surface area contributed by atoms with Crippen LogP contribution in [0.1, 0.15) is 24.5 Å². The van der Waals surface area contributed by atoms with Crippen LogP contribution in [-0.2, 0) is 22.2 Å². The molecule has 1 aliphatic heterocycles. The molecule has 160 valence electrons. The number of nitrogens with zero attached hydrogens (tertiary/aromatic N) is 1. The third-order valence-corrected chi connectivity index (χ3v) is 4.95. The molecule has 1 N–H and O–H groups in total. The van der Waals surface area contributed by atoms with Gasteiger partial charge in [-0.3, -0.25) is 9.59 Å². The molecule has 1 unspecified atom stereocenters. The first-order valence-corrected chi connectivity index (χ1v) is 9.75. The highest BCUT2D eigenvalue weighted by molar-refractivity contribution is 6.00. The second-order valence-electron chi connectivity index (χ2n) is 7.07. The maximum Gasteiger partial charge on any atom is 0.416 e. The Morgan fingerprint density at radius 2 is 1.80 bits per heavy atom. The quantitative estimate of drug-likeness (QED) is 0.741. The zero-order valence-electron chi connectivity index (χ0n) is 16.5. The third kappa shape index (κ3) is 5.31. The molecule has 1 aliphatic rings. The van der Waals surface area contributed by atoms with Crippen LogP contribution in [0, 0.1) is 5.92 Å². The molecule has 0 bridgehead atoms. The molecule has 2 amide bonds. The summed E-state index contributed by atoms with van der Waals surface area (Å²) in [6.07, 6.45) is -3.83. The molecule has 5 nitrogen and oxygen atoms in total. The summed E-state index contributed by atoms with van der Waals surface area (Å²) in [5.41, 5.74) is 0.708. The average Bonchev–Trinajstić information content (AvgIpc) is 3.10. The van der Waals surface area contributed by atoms with E-state index in [-0.39, 0.29) is 24.8 Å². The zero-order chi connectivity index (χ0) is 21.7. The van der Waals surface area contributed by atoms with Gasteiger partial charge in [-0.25, -0.2) is 0 Å². The number of amides is 2. The van der Waals surface area contributed by atoms with Crippen LogP contribution < -0.4 is 15.0 Å². The van der Waals surface area contributed by atoms with Crippen molar-refractivity contribution in [1.29, 1.82) is 0 Å². The van der Waals surface area contributed by atoms with Crippen LogP contribution in [-0.4, -0.2) is 31.5 Å². The van der Waals surface area contributed by atoms with Gasteiger partial charge in [-0.15, -0.1) is 0 Å². The molecule has 1 fully saturated rings. The van der Waals surface area contributed by atoms with Gasteiger partial charge in [-0.05, 0) is 55.3 Å². The highest BCUT2D eigenvalue weighted by Crippen LogP contribution is 2.29. The van der Waals surface area contributed by atoms with Crippen LogP contribution in [0.4, 0.5) is 18.9 Å². The van der Waals surface area contributed by atoms with Crippen LogP contribution in [0.3, 0.4) is 0 Å². The van der Waals surface area contributed by atoms with Gasteiger partial charge in [0.15, 0.2) is 0 Å². The number of carbonyl (C=O) groups is 2. The Kier molecular flexibility index (Phi) is 6.64.